The van der Waals surface area contributed by atoms with E-state index in [4.69, 9.17) is 0 Å². The molecule has 0 saturated heterocycles. The van der Waals surface area contributed by atoms with Crippen LogP contribution in [0.1, 0.15) is 28.4 Å². The van der Waals surface area contributed by atoms with E-state index in [9.17, 15) is 9.59 Å². The number of aryl methyl sites for hydroxylation is 1. The normalized spacial score (nSPS) is 10.5. The first-order chi connectivity index (χ1) is 11.1. The lowest BCUT2D eigenvalue weighted by Gasteiger charge is -2.04. The lowest BCUT2D eigenvalue weighted by Crippen LogP contribution is -2.17. The van der Waals surface area contributed by atoms with Crippen molar-refractivity contribution in [3.05, 3.63) is 71.3 Å². The number of carbonyl (C=O) groups excluding carboxylic acids is 2. The Kier molecular flexibility index (Phi) is 5.69. The molecule has 2 aromatic carbocycles. The highest BCUT2D eigenvalue weighted by Gasteiger charge is 2.02. The maximum absolute atomic E-state index is 11.9. The molecule has 2 rings (SSSR count). The molecule has 0 fully saturated rings. The van der Waals surface area contributed by atoms with Gasteiger partial charge in [-0.25, -0.2) is 0 Å². The third kappa shape index (κ3) is 4.81. The summed E-state index contributed by atoms with van der Waals surface area (Å²) < 4.78 is 0. The van der Waals surface area contributed by atoms with Crippen LogP contribution < -0.4 is 10.6 Å². The minimum Gasteiger partial charge on any atom is -0.355 e. The molecule has 0 atom stereocenters. The molecule has 2 aromatic rings. The Bertz CT molecular complexity index is 718. The maximum Gasteiger partial charge on any atom is 0.251 e. The average Bonchev–Trinajstić information content (AvgIpc) is 2.60. The fraction of sp³-hybridized carbons (Fsp3) is 0.158. The number of rotatable bonds is 5. The summed E-state index contributed by atoms with van der Waals surface area (Å²) in [5, 5.41) is 5.40. The molecule has 0 aliphatic carbocycles. The van der Waals surface area contributed by atoms with Crippen molar-refractivity contribution in [2.45, 2.75) is 13.3 Å². The maximum atomic E-state index is 11.9. The zero-order chi connectivity index (χ0) is 16.7. The van der Waals surface area contributed by atoms with E-state index in [0.717, 1.165) is 17.7 Å². The minimum atomic E-state index is -0.186. The quantitative estimate of drug-likeness (QED) is 0.833. The summed E-state index contributed by atoms with van der Waals surface area (Å²) in [4.78, 5) is 23.4. The van der Waals surface area contributed by atoms with Gasteiger partial charge in [0.25, 0.3) is 5.91 Å². The van der Waals surface area contributed by atoms with Gasteiger partial charge in [0.05, 0.1) is 0 Å². The number of anilines is 1. The largest absolute Gasteiger partial charge is 0.355 e. The number of hydrogen-bond acceptors (Lipinski definition) is 2. The van der Waals surface area contributed by atoms with E-state index in [1.54, 1.807) is 37.4 Å². The van der Waals surface area contributed by atoms with Crippen LogP contribution in [0, 0.1) is 0 Å². The van der Waals surface area contributed by atoms with Crippen molar-refractivity contribution in [2.75, 3.05) is 12.4 Å². The lowest BCUT2D eigenvalue weighted by atomic mass is 10.1. The van der Waals surface area contributed by atoms with Crippen molar-refractivity contribution in [1.82, 2.24) is 5.32 Å². The molecular weight excluding hydrogens is 288 g/mol. The van der Waals surface area contributed by atoms with E-state index < -0.39 is 0 Å². The second-order valence-corrected chi connectivity index (χ2v) is 5.08. The summed E-state index contributed by atoms with van der Waals surface area (Å²) in [5.74, 6) is -0.317. The first-order valence-electron chi connectivity index (χ1n) is 7.52. The van der Waals surface area contributed by atoms with Gasteiger partial charge in [0.1, 0.15) is 0 Å². The predicted molar refractivity (Wildman–Crippen MR) is 93.3 cm³/mol. The fourth-order valence-electron chi connectivity index (χ4n) is 2.11. The second kappa shape index (κ2) is 7.94. The van der Waals surface area contributed by atoms with Crippen LogP contribution in [-0.4, -0.2) is 18.9 Å². The van der Waals surface area contributed by atoms with Crippen LogP contribution in [0.3, 0.4) is 0 Å². The highest BCUT2D eigenvalue weighted by molar-refractivity contribution is 6.02. The Labute approximate surface area is 136 Å². The molecule has 2 N–H and O–H groups in total. The summed E-state index contributed by atoms with van der Waals surface area (Å²) in [5.41, 5.74) is 3.41. The van der Waals surface area contributed by atoms with Gasteiger partial charge in [0.15, 0.2) is 0 Å². The molecule has 0 aliphatic heterocycles. The van der Waals surface area contributed by atoms with Crippen LogP contribution in [0.5, 0.6) is 0 Å². The molecule has 2 amide bonds. The van der Waals surface area contributed by atoms with Crippen LogP contribution in [0.4, 0.5) is 5.69 Å². The molecule has 0 spiro atoms. The van der Waals surface area contributed by atoms with Crippen molar-refractivity contribution < 1.29 is 9.59 Å². The molecule has 0 saturated carbocycles. The van der Waals surface area contributed by atoms with Gasteiger partial charge in [0.2, 0.25) is 5.91 Å². The van der Waals surface area contributed by atoms with Crippen LogP contribution in [0.2, 0.25) is 0 Å². The van der Waals surface area contributed by atoms with Gasteiger partial charge in [-0.1, -0.05) is 31.2 Å². The number of benzene rings is 2. The summed E-state index contributed by atoms with van der Waals surface area (Å²) >= 11 is 0. The summed E-state index contributed by atoms with van der Waals surface area (Å²) in [6.45, 7) is 2.07. The van der Waals surface area contributed by atoms with Crippen LogP contribution >= 0.6 is 0 Å². The van der Waals surface area contributed by atoms with Gasteiger partial charge < -0.3 is 10.6 Å². The summed E-state index contributed by atoms with van der Waals surface area (Å²) in [6.07, 6.45) is 4.12. The number of carbonyl (C=O) groups is 2. The Hall–Kier alpha value is -2.88. The van der Waals surface area contributed by atoms with Gasteiger partial charge in [-0.3, -0.25) is 9.59 Å². The lowest BCUT2D eigenvalue weighted by molar-refractivity contribution is -0.111. The van der Waals surface area contributed by atoms with Crippen molar-refractivity contribution in [3.8, 4) is 0 Å². The Balaban J connectivity index is 1.99. The number of nitrogens with one attached hydrogen (secondary N) is 2. The SMILES string of the molecule is CCc1cccc(NC(=O)/C=C/c2ccc(C(=O)NC)cc2)c1. The van der Waals surface area contributed by atoms with E-state index in [1.165, 1.54) is 11.6 Å². The van der Waals surface area contributed by atoms with Crippen LogP contribution in [0.25, 0.3) is 6.08 Å². The van der Waals surface area contributed by atoms with Gasteiger partial charge >= 0.3 is 0 Å². The third-order valence-electron chi connectivity index (χ3n) is 3.43. The molecule has 23 heavy (non-hydrogen) atoms. The van der Waals surface area contributed by atoms with Crippen molar-refractivity contribution in [3.63, 3.8) is 0 Å². The molecular formula is C19H20N2O2. The Morgan fingerprint density at radius 1 is 1.09 bits per heavy atom. The second-order valence-electron chi connectivity index (χ2n) is 5.08. The van der Waals surface area contributed by atoms with Crippen molar-refractivity contribution in [2.24, 2.45) is 0 Å². The predicted octanol–water partition coefficient (Wildman–Crippen LogP) is 3.26. The zero-order valence-electron chi connectivity index (χ0n) is 13.3. The van der Waals surface area contributed by atoms with E-state index in [-0.39, 0.29) is 11.8 Å². The average molecular weight is 308 g/mol. The Morgan fingerprint density at radius 3 is 2.48 bits per heavy atom. The molecule has 0 radical (unpaired) electrons. The molecule has 4 heteroatoms. The van der Waals surface area contributed by atoms with Crippen molar-refractivity contribution in [1.29, 1.82) is 0 Å². The van der Waals surface area contributed by atoms with E-state index in [1.807, 2.05) is 24.3 Å². The standard InChI is InChI=1S/C19H20N2O2/c1-3-14-5-4-6-17(13-14)21-18(22)12-9-15-7-10-16(11-8-15)19(23)20-2/h4-13H,3H2,1-2H3,(H,20,23)(H,21,22)/b12-9+. The first-order valence-corrected chi connectivity index (χ1v) is 7.52. The van der Waals surface area contributed by atoms with Crippen molar-refractivity contribution >= 4 is 23.6 Å². The monoisotopic (exact) mass is 308 g/mol. The highest BCUT2D eigenvalue weighted by Crippen LogP contribution is 2.11. The summed E-state index contributed by atoms with van der Waals surface area (Å²) in [6, 6.07) is 14.8. The minimum absolute atomic E-state index is 0.130. The zero-order valence-corrected chi connectivity index (χ0v) is 13.3. The molecule has 0 unspecified atom stereocenters. The number of hydrogen-bond donors (Lipinski definition) is 2. The molecule has 0 aliphatic rings. The van der Waals surface area contributed by atoms with Crippen LogP contribution in [0.15, 0.2) is 54.6 Å². The molecule has 0 aromatic heterocycles. The van der Waals surface area contributed by atoms with Gasteiger partial charge in [-0.15, -0.1) is 0 Å². The van der Waals surface area contributed by atoms with Gasteiger partial charge in [-0.2, -0.15) is 0 Å². The molecule has 0 bridgehead atoms. The van der Waals surface area contributed by atoms with Crippen LogP contribution in [-0.2, 0) is 11.2 Å². The van der Waals surface area contributed by atoms with E-state index >= 15 is 0 Å². The van der Waals surface area contributed by atoms with E-state index in [2.05, 4.69) is 17.6 Å². The number of amides is 2. The van der Waals surface area contributed by atoms with Gasteiger partial charge in [-0.05, 0) is 47.9 Å². The topological polar surface area (TPSA) is 58.2 Å². The van der Waals surface area contributed by atoms with Gasteiger partial charge in [0, 0.05) is 24.4 Å². The smallest absolute Gasteiger partial charge is 0.251 e. The van der Waals surface area contributed by atoms with E-state index in [0.29, 0.717) is 5.56 Å². The molecule has 0 heterocycles. The first kappa shape index (κ1) is 16.5. The highest BCUT2D eigenvalue weighted by atomic mass is 16.2. The Morgan fingerprint density at radius 2 is 1.83 bits per heavy atom. The fourth-order valence-corrected chi connectivity index (χ4v) is 2.11. The third-order valence-corrected chi connectivity index (χ3v) is 3.43. The molecule has 118 valence electrons. The summed E-state index contributed by atoms with van der Waals surface area (Å²) in [7, 11) is 1.59. The molecule has 4 nitrogen and oxygen atoms in total.